The van der Waals surface area contributed by atoms with E-state index in [2.05, 4.69) is 5.32 Å². The van der Waals surface area contributed by atoms with Crippen molar-refractivity contribution in [3.05, 3.63) is 58.4 Å². The van der Waals surface area contributed by atoms with Crippen LogP contribution in [0.2, 0.25) is 5.02 Å². The SMILES string of the molecule is CC(Nc1ccc(C(N)=O)c(Cl)c1)c1ccc(O)cc1F. The van der Waals surface area contributed by atoms with Gasteiger partial charge in [-0.1, -0.05) is 17.7 Å². The number of phenols is 1. The van der Waals surface area contributed by atoms with Gasteiger partial charge in [-0.25, -0.2) is 4.39 Å². The van der Waals surface area contributed by atoms with E-state index in [4.69, 9.17) is 17.3 Å². The molecule has 1 amide bonds. The lowest BCUT2D eigenvalue weighted by Crippen LogP contribution is -2.12. The van der Waals surface area contributed by atoms with Crippen molar-refractivity contribution in [3.63, 3.8) is 0 Å². The minimum Gasteiger partial charge on any atom is -0.508 e. The van der Waals surface area contributed by atoms with Crippen LogP contribution >= 0.6 is 11.6 Å². The minimum absolute atomic E-state index is 0.127. The molecule has 0 spiro atoms. The predicted molar refractivity (Wildman–Crippen MR) is 80.1 cm³/mol. The molecule has 0 bridgehead atoms. The van der Waals surface area contributed by atoms with Crippen LogP contribution in [-0.4, -0.2) is 11.0 Å². The van der Waals surface area contributed by atoms with Gasteiger partial charge in [0.2, 0.25) is 5.91 Å². The molecule has 0 fully saturated rings. The van der Waals surface area contributed by atoms with E-state index in [0.717, 1.165) is 6.07 Å². The maximum Gasteiger partial charge on any atom is 0.250 e. The number of nitrogens with one attached hydrogen (secondary N) is 1. The van der Waals surface area contributed by atoms with Crippen molar-refractivity contribution in [3.8, 4) is 5.75 Å². The average molecular weight is 309 g/mol. The maximum atomic E-state index is 13.8. The lowest BCUT2D eigenvalue weighted by atomic mass is 10.1. The van der Waals surface area contributed by atoms with Crippen LogP contribution in [-0.2, 0) is 0 Å². The third-order valence-corrected chi connectivity index (χ3v) is 3.38. The van der Waals surface area contributed by atoms with Crippen LogP contribution in [0.1, 0.15) is 28.9 Å². The summed E-state index contributed by atoms with van der Waals surface area (Å²) in [4.78, 5) is 11.1. The van der Waals surface area contributed by atoms with Gasteiger partial charge in [0.25, 0.3) is 0 Å². The molecule has 6 heteroatoms. The first kappa shape index (κ1) is 15.1. The van der Waals surface area contributed by atoms with Crippen LogP contribution in [0.25, 0.3) is 0 Å². The molecule has 0 saturated carbocycles. The number of rotatable bonds is 4. The first-order valence-electron chi connectivity index (χ1n) is 6.23. The average Bonchev–Trinajstić information content (AvgIpc) is 2.37. The van der Waals surface area contributed by atoms with Crippen molar-refractivity contribution in [2.24, 2.45) is 5.73 Å². The normalized spacial score (nSPS) is 12.0. The standard InChI is InChI=1S/C15H14ClFN2O2/c1-8(11-5-3-10(20)7-14(11)17)19-9-2-4-12(15(18)21)13(16)6-9/h2-8,19-20H,1H3,(H2,18,21). The second-order valence-electron chi connectivity index (χ2n) is 4.63. The molecule has 110 valence electrons. The highest BCUT2D eigenvalue weighted by Crippen LogP contribution is 2.27. The third-order valence-electron chi connectivity index (χ3n) is 3.07. The number of aromatic hydroxyl groups is 1. The summed E-state index contributed by atoms with van der Waals surface area (Å²) in [5.74, 6) is -1.24. The zero-order valence-electron chi connectivity index (χ0n) is 11.2. The Morgan fingerprint density at radius 1 is 1.33 bits per heavy atom. The van der Waals surface area contributed by atoms with Gasteiger partial charge in [-0.05, 0) is 31.2 Å². The number of hydrogen-bond acceptors (Lipinski definition) is 3. The van der Waals surface area contributed by atoms with Gasteiger partial charge in [-0.3, -0.25) is 4.79 Å². The van der Waals surface area contributed by atoms with Gasteiger partial charge < -0.3 is 16.2 Å². The molecular formula is C15H14ClFN2O2. The molecule has 0 aliphatic rings. The predicted octanol–water partition coefficient (Wildman–Crippen LogP) is 3.46. The van der Waals surface area contributed by atoms with Gasteiger partial charge in [0.1, 0.15) is 11.6 Å². The quantitative estimate of drug-likeness (QED) is 0.809. The van der Waals surface area contributed by atoms with E-state index in [1.54, 1.807) is 19.1 Å². The molecule has 4 N–H and O–H groups in total. The minimum atomic E-state index is -0.607. The molecule has 1 unspecified atom stereocenters. The fourth-order valence-electron chi connectivity index (χ4n) is 2.00. The third kappa shape index (κ3) is 3.44. The summed E-state index contributed by atoms with van der Waals surface area (Å²) in [7, 11) is 0. The second kappa shape index (κ2) is 6.01. The first-order valence-corrected chi connectivity index (χ1v) is 6.60. The van der Waals surface area contributed by atoms with Gasteiger partial charge in [-0.15, -0.1) is 0 Å². The largest absolute Gasteiger partial charge is 0.508 e. The van der Waals surface area contributed by atoms with E-state index >= 15 is 0 Å². The molecule has 0 radical (unpaired) electrons. The number of carbonyl (C=O) groups is 1. The Hall–Kier alpha value is -2.27. The number of benzene rings is 2. The van der Waals surface area contributed by atoms with Crippen LogP contribution in [0.3, 0.4) is 0 Å². The highest BCUT2D eigenvalue weighted by atomic mass is 35.5. The second-order valence-corrected chi connectivity index (χ2v) is 5.04. The van der Waals surface area contributed by atoms with Crippen LogP contribution in [0.15, 0.2) is 36.4 Å². The highest BCUT2D eigenvalue weighted by Gasteiger charge is 2.13. The molecule has 21 heavy (non-hydrogen) atoms. The lowest BCUT2D eigenvalue weighted by molar-refractivity contribution is 0.100. The molecule has 4 nitrogen and oxygen atoms in total. The Kier molecular flexibility index (Phi) is 4.33. The summed E-state index contributed by atoms with van der Waals surface area (Å²) in [6, 6.07) is 8.32. The Morgan fingerprint density at radius 3 is 2.62 bits per heavy atom. The summed E-state index contributed by atoms with van der Waals surface area (Å²) >= 11 is 5.96. The molecule has 0 aliphatic carbocycles. The summed E-state index contributed by atoms with van der Waals surface area (Å²) < 4.78 is 13.8. The molecule has 0 aromatic heterocycles. The Bertz CT molecular complexity index is 691. The lowest BCUT2D eigenvalue weighted by Gasteiger charge is -2.17. The Labute approximate surface area is 126 Å². The topological polar surface area (TPSA) is 75.3 Å². The first-order chi connectivity index (χ1) is 9.88. The Balaban J connectivity index is 2.21. The summed E-state index contributed by atoms with van der Waals surface area (Å²) in [5.41, 5.74) is 6.44. The van der Waals surface area contributed by atoms with Crippen LogP contribution < -0.4 is 11.1 Å². The van der Waals surface area contributed by atoms with Crippen LogP contribution in [0, 0.1) is 5.82 Å². The number of amides is 1. The number of hydrogen-bond donors (Lipinski definition) is 3. The van der Waals surface area contributed by atoms with Gasteiger partial charge in [0.05, 0.1) is 16.6 Å². The molecule has 2 rings (SSSR count). The van der Waals surface area contributed by atoms with E-state index < -0.39 is 11.7 Å². The van der Waals surface area contributed by atoms with Crippen molar-refractivity contribution in [2.45, 2.75) is 13.0 Å². The zero-order chi connectivity index (χ0) is 15.6. The fourth-order valence-corrected chi connectivity index (χ4v) is 2.27. The fraction of sp³-hybridized carbons (Fsp3) is 0.133. The van der Waals surface area contributed by atoms with Crippen molar-refractivity contribution < 1.29 is 14.3 Å². The van der Waals surface area contributed by atoms with Crippen molar-refractivity contribution >= 4 is 23.2 Å². The van der Waals surface area contributed by atoms with Crippen molar-refractivity contribution in [2.75, 3.05) is 5.32 Å². The number of halogens is 2. The summed E-state index contributed by atoms with van der Waals surface area (Å²) in [6.07, 6.45) is 0. The summed E-state index contributed by atoms with van der Waals surface area (Å²) in [5, 5.41) is 12.5. The number of phenolic OH excluding ortho intramolecular Hbond substituents is 1. The molecule has 2 aromatic rings. The summed E-state index contributed by atoms with van der Waals surface area (Å²) in [6.45, 7) is 1.77. The van der Waals surface area contributed by atoms with E-state index in [1.165, 1.54) is 18.2 Å². The van der Waals surface area contributed by atoms with Crippen LogP contribution in [0.5, 0.6) is 5.75 Å². The van der Waals surface area contributed by atoms with E-state index in [0.29, 0.717) is 11.3 Å². The van der Waals surface area contributed by atoms with Crippen molar-refractivity contribution in [1.29, 1.82) is 0 Å². The molecule has 1 atom stereocenters. The zero-order valence-corrected chi connectivity index (χ0v) is 12.0. The van der Waals surface area contributed by atoms with Gasteiger partial charge in [0, 0.05) is 17.3 Å². The van der Waals surface area contributed by atoms with Crippen molar-refractivity contribution in [1.82, 2.24) is 0 Å². The molecule has 0 saturated heterocycles. The van der Waals surface area contributed by atoms with E-state index in [9.17, 15) is 14.3 Å². The molecular weight excluding hydrogens is 295 g/mol. The van der Waals surface area contributed by atoms with Gasteiger partial charge in [0.15, 0.2) is 0 Å². The number of nitrogens with two attached hydrogens (primary N) is 1. The van der Waals surface area contributed by atoms with Gasteiger partial charge >= 0.3 is 0 Å². The van der Waals surface area contributed by atoms with E-state index in [1.807, 2.05) is 0 Å². The number of primary amides is 1. The molecule has 2 aromatic carbocycles. The molecule has 0 heterocycles. The Morgan fingerprint density at radius 2 is 2.05 bits per heavy atom. The monoisotopic (exact) mass is 308 g/mol. The molecule has 0 aliphatic heterocycles. The maximum absolute atomic E-state index is 13.8. The van der Waals surface area contributed by atoms with Gasteiger partial charge in [-0.2, -0.15) is 0 Å². The van der Waals surface area contributed by atoms with Crippen LogP contribution in [0.4, 0.5) is 10.1 Å². The number of carbonyl (C=O) groups excluding carboxylic acids is 1. The number of anilines is 1. The highest BCUT2D eigenvalue weighted by molar-refractivity contribution is 6.34. The van der Waals surface area contributed by atoms with E-state index in [-0.39, 0.29) is 22.4 Å². The smallest absolute Gasteiger partial charge is 0.250 e.